The number of hydrogen-bond acceptors (Lipinski definition) is 3. The first-order chi connectivity index (χ1) is 10.9. The zero-order valence-electron chi connectivity index (χ0n) is 15.2. The highest BCUT2D eigenvalue weighted by Crippen LogP contribution is 2.34. The summed E-state index contributed by atoms with van der Waals surface area (Å²) >= 11 is 0. The molecular formula is C19H30N3O+. The minimum atomic E-state index is -0.215. The molecule has 0 bridgehead atoms. The number of pyridine rings is 1. The van der Waals surface area contributed by atoms with Crippen LogP contribution in [0.3, 0.4) is 0 Å². The first kappa shape index (κ1) is 17.7. The van der Waals surface area contributed by atoms with E-state index in [1.165, 1.54) is 24.1 Å². The minimum absolute atomic E-state index is 0.215. The maximum absolute atomic E-state index is 9.73. The number of nitrogens with zero attached hydrogens (tertiary/aromatic N) is 1. The number of H-pyrrole nitrogens is 1. The molecule has 126 valence electrons. The fourth-order valence-corrected chi connectivity index (χ4v) is 3.18. The van der Waals surface area contributed by atoms with Gasteiger partial charge in [0.25, 0.3) is 5.82 Å². The van der Waals surface area contributed by atoms with Gasteiger partial charge in [0.15, 0.2) is 0 Å². The Morgan fingerprint density at radius 1 is 1.30 bits per heavy atom. The Morgan fingerprint density at radius 2 is 2.04 bits per heavy atom. The molecule has 0 aliphatic carbocycles. The number of aromatic nitrogens is 1. The summed E-state index contributed by atoms with van der Waals surface area (Å²) in [6, 6.07) is 2.42. The number of rotatable bonds is 6. The molecule has 1 aliphatic rings. The second-order valence-corrected chi connectivity index (χ2v) is 7.37. The average Bonchev–Trinajstić information content (AvgIpc) is 2.49. The number of nitrogens with one attached hydrogen (secondary N) is 2. The summed E-state index contributed by atoms with van der Waals surface area (Å²) in [4.78, 5) is 3.48. The minimum Gasteiger partial charge on any atom is -0.370 e. The van der Waals surface area contributed by atoms with Crippen molar-refractivity contribution >= 4 is 5.82 Å². The van der Waals surface area contributed by atoms with Gasteiger partial charge in [0, 0.05) is 17.9 Å². The van der Waals surface area contributed by atoms with Crippen molar-refractivity contribution in [3.05, 3.63) is 22.4 Å². The van der Waals surface area contributed by atoms with Gasteiger partial charge < -0.3 is 4.74 Å². The molecule has 0 spiro atoms. The van der Waals surface area contributed by atoms with Crippen molar-refractivity contribution in [3.8, 4) is 6.07 Å². The fourth-order valence-electron chi connectivity index (χ4n) is 3.18. The first-order valence-corrected chi connectivity index (χ1v) is 8.78. The number of aromatic amines is 1. The van der Waals surface area contributed by atoms with Gasteiger partial charge in [-0.1, -0.05) is 27.2 Å². The van der Waals surface area contributed by atoms with Crippen molar-refractivity contribution in [3.63, 3.8) is 0 Å². The lowest BCUT2D eigenvalue weighted by Crippen LogP contribution is -2.36. The van der Waals surface area contributed by atoms with Gasteiger partial charge in [-0.2, -0.15) is 5.26 Å². The highest BCUT2D eigenvalue weighted by Gasteiger charge is 2.34. The van der Waals surface area contributed by atoms with E-state index >= 15 is 0 Å². The lowest BCUT2D eigenvalue weighted by atomic mass is 9.86. The Labute approximate surface area is 140 Å². The first-order valence-electron chi connectivity index (χ1n) is 8.78. The topological polar surface area (TPSA) is 59.2 Å². The third-order valence-electron chi connectivity index (χ3n) is 4.48. The number of fused-ring (bicyclic) bond motifs is 1. The van der Waals surface area contributed by atoms with Crippen LogP contribution >= 0.6 is 0 Å². The third-order valence-corrected chi connectivity index (χ3v) is 4.48. The van der Waals surface area contributed by atoms with Crippen LogP contribution in [0.4, 0.5) is 5.82 Å². The van der Waals surface area contributed by atoms with Gasteiger partial charge in [0.2, 0.25) is 0 Å². The molecule has 0 atom stereocenters. The van der Waals surface area contributed by atoms with E-state index in [1.807, 2.05) is 0 Å². The molecule has 0 saturated carbocycles. The van der Waals surface area contributed by atoms with E-state index in [4.69, 9.17) is 4.74 Å². The third kappa shape index (κ3) is 4.03. The zero-order chi connectivity index (χ0) is 17.0. The van der Waals surface area contributed by atoms with E-state index in [1.54, 1.807) is 0 Å². The van der Waals surface area contributed by atoms with E-state index in [2.05, 4.69) is 51.0 Å². The molecular weight excluding hydrogens is 286 g/mol. The second-order valence-electron chi connectivity index (χ2n) is 7.37. The van der Waals surface area contributed by atoms with Gasteiger partial charge in [0.05, 0.1) is 18.8 Å². The Balaban J connectivity index is 2.43. The Hall–Kier alpha value is -1.60. The molecule has 0 aromatic carbocycles. The molecule has 4 nitrogen and oxygen atoms in total. The molecule has 2 N–H and O–H groups in total. The summed E-state index contributed by atoms with van der Waals surface area (Å²) in [5.74, 6) is 1.25. The summed E-state index contributed by atoms with van der Waals surface area (Å²) in [5.41, 5.74) is 4.07. The predicted molar refractivity (Wildman–Crippen MR) is 92.4 cm³/mol. The lowest BCUT2D eigenvalue weighted by Gasteiger charge is -2.33. The Kier molecular flexibility index (Phi) is 5.64. The van der Waals surface area contributed by atoms with Crippen molar-refractivity contribution in [2.24, 2.45) is 0 Å². The van der Waals surface area contributed by atoms with Crippen LogP contribution in [0.2, 0.25) is 0 Å². The van der Waals surface area contributed by atoms with Crippen LogP contribution in [0.15, 0.2) is 0 Å². The van der Waals surface area contributed by atoms with Crippen LogP contribution in [0.1, 0.15) is 82.2 Å². The van der Waals surface area contributed by atoms with Crippen molar-refractivity contribution in [2.75, 3.05) is 11.9 Å². The van der Waals surface area contributed by atoms with E-state index in [-0.39, 0.29) is 5.60 Å². The van der Waals surface area contributed by atoms with E-state index in [9.17, 15) is 5.26 Å². The van der Waals surface area contributed by atoms with E-state index in [0.717, 1.165) is 36.3 Å². The predicted octanol–water partition coefficient (Wildman–Crippen LogP) is 3.95. The average molecular weight is 316 g/mol. The standard InChI is InChI=1S/C19H29N3O/c1-6-7-8-9-21-18-15(11-20)14-10-19(4,5)23-12-16(14)17(22-18)13(2)3/h13H,6-10,12H2,1-5H3,(H,21,22)/p+1. The molecule has 0 amide bonds. The summed E-state index contributed by atoms with van der Waals surface area (Å²) in [6.45, 7) is 12.2. The quantitative estimate of drug-likeness (QED) is 0.808. The van der Waals surface area contributed by atoms with Crippen LogP contribution < -0.4 is 10.3 Å². The van der Waals surface area contributed by atoms with E-state index in [0.29, 0.717) is 12.5 Å². The second kappa shape index (κ2) is 7.31. The molecule has 23 heavy (non-hydrogen) atoms. The summed E-state index contributed by atoms with van der Waals surface area (Å²) in [7, 11) is 0. The van der Waals surface area contributed by atoms with Crippen LogP contribution in [0.25, 0.3) is 0 Å². The molecule has 0 unspecified atom stereocenters. The summed E-state index contributed by atoms with van der Waals surface area (Å²) in [6.07, 6.45) is 4.31. The molecule has 2 rings (SSSR count). The summed E-state index contributed by atoms with van der Waals surface area (Å²) in [5, 5.41) is 13.2. The van der Waals surface area contributed by atoms with Crippen LogP contribution in [0, 0.1) is 11.3 Å². The molecule has 1 aliphatic heterocycles. The number of unbranched alkanes of at least 4 members (excludes halogenated alkanes) is 2. The fraction of sp³-hybridized carbons (Fsp3) is 0.684. The maximum Gasteiger partial charge on any atom is 0.290 e. The van der Waals surface area contributed by atoms with E-state index < -0.39 is 0 Å². The summed E-state index contributed by atoms with van der Waals surface area (Å²) < 4.78 is 5.99. The highest BCUT2D eigenvalue weighted by molar-refractivity contribution is 5.56. The Morgan fingerprint density at radius 3 is 2.65 bits per heavy atom. The van der Waals surface area contributed by atoms with Crippen molar-refractivity contribution in [2.45, 2.75) is 78.4 Å². The number of nitriles is 1. The molecule has 0 saturated heterocycles. The van der Waals surface area contributed by atoms with Gasteiger partial charge in [0.1, 0.15) is 17.3 Å². The Bertz CT molecular complexity index is 600. The molecule has 4 heteroatoms. The lowest BCUT2D eigenvalue weighted by molar-refractivity contribution is -0.378. The van der Waals surface area contributed by atoms with Crippen molar-refractivity contribution < 1.29 is 9.72 Å². The highest BCUT2D eigenvalue weighted by atomic mass is 16.5. The zero-order valence-corrected chi connectivity index (χ0v) is 15.2. The monoisotopic (exact) mass is 316 g/mol. The SMILES string of the molecule is CCCCCNc1[nH+]c(C(C)C)c2c(c1C#N)CC(C)(C)OC2. The molecule has 1 aromatic heterocycles. The van der Waals surface area contributed by atoms with Crippen LogP contribution in [-0.4, -0.2) is 12.1 Å². The molecule has 0 fully saturated rings. The number of anilines is 1. The van der Waals surface area contributed by atoms with Gasteiger partial charge >= 0.3 is 0 Å². The largest absolute Gasteiger partial charge is 0.370 e. The maximum atomic E-state index is 9.73. The normalized spacial score (nSPS) is 16.0. The molecule has 1 aromatic rings. The van der Waals surface area contributed by atoms with Crippen molar-refractivity contribution in [1.29, 1.82) is 5.26 Å². The van der Waals surface area contributed by atoms with Crippen LogP contribution in [0.5, 0.6) is 0 Å². The van der Waals surface area contributed by atoms with Gasteiger partial charge in [-0.3, -0.25) is 5.32 Å². The number of hydrogen-bond donors (Lipinski definition) is 1. The molecule has 0 radical (unpaired) electrons. The van der Waals surface area contributed by atoms with Crippen LogP contribution in [-0.2, 0) is 17.8 Å². The number of ether oxygens (including phenoxy) is 1. The van der Waals surface area contributed by atoms with Gasteiger partial charge in [-0.25, -0.2) is 4.98 Å². The van der Waals surface area contributed by atoms with Gasteiger partial charge in [-0.15, -0.1) is 0 Å². The van der Waals surface area contributed by atoms with Gasteiger partial charge in [-0.05, 0) is 32.3 Å². The smallest absolute Gasteiger partial charge is 0.290 e. The molecule has 2 heterocycles. The van der Waals surface area contributed by atoms with Crippen molar-refractivity contribution in [1.82, 2.24) is 0 Å².